The lowest BCUT2D eigenvalue weighted by Gasteiger charge is -2.09. The van der Waals surface area contributed by atoms with Crippen molar-refractivity contribution in [3.63, 3.8) is 0 Å². The molecule has 0 N–H and O–H groups in total. The monoisotopic (exact) mass is 335 g/mol. The maximum atomic E-state index is 13.2. The van der Waals surface area contributed by atoms with Crippen molar-refractivity contribution >= 4 is 17.9 Å². The number of cyclic esters (lactones) is 1. The Morgan fingerprint density at radius 2 is 1.79 bits per heavy atom. The molecule has 0 saturated heterocycles. The van der Waals surface area contributed by atoms with Crippen LogP contribution in [0.15, 0.2) is 59.2 Å². The Morgan fingerprint density at radius 1 is 1.04 bits per heavy atom. The van der Waals surface area contributed by atoms with Gasteiger partial charge in [-0.15, -0.1) is 0 Å². The van der Waals surface area contributed by atoms with Gasteiger partial charge in [-0.2, -0.15) is 13.2 Å². The number of aliphatic imine (C=N–C) groups is 1. The van der Waals surface area contributed by atoms with E-state index in [0.29, 0.717) is 0 Å². The van der Waals surface area contributed by atoms with E-state index < -0.39 is 23.5 Å². The molecule has 24 heavy (non-hydrogen) atoms. The van der Waals surface area contributed by atoms with Crippen LogP contribution in [0.4, 0.5) is 17.6 Å². The Morgan fingerprint density at radius 3 is 2.50 bits per heavy atom. The summed E-state index contributed by atoms with van der Waals surface area (Å²) in [5.74, 6) is -1.60. The molecule has 0 saturated carbocycles. The van der Waals surface area contributed by atoms with Crippen LogP contribution in [0.5, 0.6) is 0 Å². The second kappa shape index (κ2) is 5.92. The fourth-order valence-corrected chi connectivity index (χ4v) is 2.18. The molecule has 0 aromatic heterocycles. The van der Waals surface area contributed by atoms with Crippen molar-refractivity contribution in [1.29, 1.82) is 0 Å². The average Bonchev–Trinajstić information content (AvgIpc) is 2.88. The number of benzene rings is 2. The average molecular weight is 335 g/mol. The summed E-state index contributed by atoms with van der Waals surface area (Å²) < 4.78 is 57.1. The lowest BCUT2D eigenvalue weighted by Crippen LogP contribution is -2.08. The minimum Gasteiger partial charge on any atom is -0.402 e. The van der Waals surface area contributed by atoms with E-state index in [4.69, 9.17) is 4.74 Å². The van der Waals surface area contributed by atoms with E-state index in [-0.39, 0.29) is 22.7 Å². The van der Waals surface area contributed by atoms with Gasteiger partial charge < -0.3 is 4.74 Å². The zero-order valence-electron chi connectivity index (χ0n) is 12.0. The number of nitrogens with zero attached hydrogens (tertiary/aromatic N) is 1. The molecule has 1 aliphatic rings. The summed E-state index contributed by atoms with van der Waals surface area (Å²) >= 11 is 0. The largest absolute Gasteiger partial charge is 0.416 e. The van der Waals surface area contributed by atoms with Crippen LogP contribution in [0.3, 0.4) is 0 Å². The predicted octanol–water partition coefficient (Wildman–Crippen LogP) is 4.19. The molecule has 0 unspecified atom stereocenters. The number of hydrogen-bond acceptors (Lipinski definition) is 3. The zero-order valence-corrected chi connectivity index (χ0v) is 12.0. The first-order chi connectivity index (χ1) is 11.3. The van der Waals surface area contributed by atoms with E-state index in [1.165, 1.54) is 36.4 Å². The molecule has 7 heteroatoms. The summed E-state index contributed by atoms with van der Waals surface area (Å²) in [5, 5.41) is 0. The summed E-state index contributed by atoms with van der Waals surface area (Å²) in [6.45, 7) is 0. The fourth-order valence-electron chi connectivity index (χ4n) is 2.18. The molecular weight excluding hydrogens is 326 g/mol. The van der Waals surface area contributed by atoms with Gasteiger partial charge in [-0.3, -0.25) is 0 Å². The second-order valence-electron chi connectivity index (χ2n) is 4.93. The standard InChI is InChI=1S/C17H9F4NO2/c18-12-6-3-5-11(8-12)15-22-14(16(23)24-15)9-10-4-1-2-7-13(10)17(19,20)21/h1-9H/b14-9-. The highest BCUT2D eigenvalue weighted by atomic mass is 19.4. The van der Waals surface area contributed by atoms with Crippen LogP contribution >= 0.6 is 0 Å². The summed E-state index contributed by atoms with van der Waals surface area (Å²) in [6, 6.07) is 9.99. The predicted molar refractivity (Wildman–Crippen MR) is 78.5 cm³/mol. The van der Waals surface area contributed by atoms with Crippen molar-refractivity contribution in [2.45, 2.75) is 6.18 Å². The number of carbonyl (C=O) groups is 1. The van der Waals surface area contributed by atoms with Gasteiger partial charge in [0.05, 0.1) is 5.56 Å². The molecule has 1 heterocycles. The third-order valence-corrected chi connectivity index (χ3v) is 3.25. The van der Waals surface area contributed by atoms with Gasteiger partial charge in [-0.1, -0.05) is 24.3 Å². The first-order valence-electron chi connectivity index (χ1n) is 6.79. The summed E-state index contributed by atoms with van der Waals surface area (Å²) in [5.41, 5.74) is -1.16. The fraction of sp³-hybridized carbons (Fsp3) is 0.0588. The highest BCUT2D eigenvalue weighted by Gasteiger charge is 2.33. The van der Waals surface area contributed by atoms with Gasteiger partial charge in [0.1, 0.15) is 5.82 Å². The third kappa shape index (κ3) is 3.19. The van der Waals surface area contributed by atoms with Gasteiger partial charge in [0.2, 0.25) is 5.90 Å². The topological polar surface area (TPSA) is 38.7 Å². The van der Waals surface area contributed by atoms with Crippen LogP contribution < -0.4 is 0 Å². The quantitative estimate of drug-likeness (QED) is 0.469. The Bertz CT molecular complexity index is 869. The summed E-state index contributed by atoms with van der Waals surface area (Å²) in [7, 11) is 0. The molecule has 3 nitrogen and oxygen atoms in total. The summed E-state index contributed by atoms with van der Waals surface area (Å²) in [4.78, 5) is 15.7. The number of halogens is 4. The van der Waals surface area contributed by atoms with Crippen LogP contribution in [0.1, 0.15) is 16.7 Å². The lowest BCUT2D eigenvalue weighted by molar-refractivity contribution is -0.137. The highest BCUT2D eigenvalue weighted by Crippen LogP contribution is 2.33. The summed E-state index contributed by atoms with van der Waals surface area (Å²) in [6.07, 6.45) is -3.57. The molecule has 0 aliphatic carbocycles. The number of alkyl halides is 3. The number of esters is 1. The number of ether oxygens (including phenoxy) is 1. The van der Waals surface area contributed by atoms with Crippen molar-refractivity contribution in [2.24, 2.45) is 4.99 Å². The Hall–Kier alpha value is -2.96. The molecular formula is C17H9F4NO2. The van der Waals surface area contributed by atoms with E-state index in [0.717, 1.165) is 18.2 Å². The molecule has 1 aliphatic heterocycles. The Labute approximate surface area is 133 Å². The van der Waals surface area contributed by atoms with Gasteiger partial charge >= 0.3 is 12.1 Å². The van der Waals surface area contributed by atoms with Gasteiger partial charge in [-0.05, 0) is 35.9 Å². The Kier molecular flexibility index (Phi) is 3.92. The van der Waals surface area contributed by atoms with Crippen molar-refractivity contribution in [3.05, 3.63) is 76.7 Å². The maximum Gasteiger partial charge on any atom is 0.416 e. The lowest BCUT2D eigenvalue weighted by atomic mass is 10.1. The second-order valence-corrected chi connectivity index (χ2v) is 4.93. The van der Waals surface area contributed by atoms with E-state index in [2.05, 4.69) is 4.99 Å². The smallest absolute Gasteiger partial charge is 0.402 e. The first kappa shape index (κ1) is 15.9. The van der Waals surface area contributed by atoms with Crippen molar-refractivity contribution in [1.82, 2.24) is 0 Å². The molecule has 2 aromatic rings. The molecule has 0 atom stereocenters. The normalized spacial score (nSPS) is 16.2. The van der Waals surface area contributed by atoms with Crippen molar-refractivity contribution in [2.75, 3.05) is 0 Å². The van der Waals surface area contributed by atoms with Gasteiger partial charge in [0.25, 0.3) is 0 Å². The van der Waals surface area contributed by atoms with E-state index in [1.54, 1.807) is 0 Å². The van der Waals surface area contributed by atoms with Crippen LogP contribution in [-0.2, 0) is 15.7 Å². The molecule has 2 aromatic carbocycles. The van der Waals surface area contributed by atoms with Crippen molar-refractivity contribution in [3.8, 4) is 0 Å². The molecule has 0 radical (unpaired) electrons. The minimum absolute atomic E-state index is 0.157. The van der Waals surface area contributed by atoms with E-state index in [9.17, 15) is 22.4 Å². The maximum absolute atomic E-state index is 13.2. The van der Waals surface area contributed by atoms with Crippen molar-refractivity contribution < 1.29 is 27.1 Å². The van der Waals surface area contributed by atoms with Gasteiger partial charge in [0, 0.05) is 5.56 Å². The van der Waals surface area contributed by atoms with Crippen LogP contribution in [0, 0.1) is 5.82 Å². The van der Waals surface area contributed by atoms with Gasteiger partial charge in [-0.25, -0.2) is 14.2 Å². The van der Waals surface area contributed by atoms with Crippen LogP contribution in [0.2, 0.25) is 0 Å². The third-order valence-electron chi connectivity index (χ3n) is 3.25. The first-order valence-corrected chi connectivity index (χ1v) is 6.79. The molecule has 122 valence electrons. The SMILES string of the molecule is O=C1OC(c2cccc(F)c2)=N/C1=C\c1ccccc1C(F)(F)F. The molecule has 3 rings (SSSR count). The van der Waals surface area contributed by atoms with E-state index >= 15 is 0 Å². The van der Waals surface area contributed by atoms with Gasteiger partial charge in [0.15, 0.2) is 5.70 Å². The Balaban J connectivity index is 2.01. The molecule has 0 amide bonds. The number of hydrogen-bond donors (Lipinski definition) is 0. The zero-order chi connectivity index (χ0) is 17.3. The highest BCUT2D eigenvalue weighted by molar-refractivity contribution is 6.12. The van der Waals surface area contributed by atoms with E-state index in [1.807, 2.05) is 0 Å². The molecule has 0 spiro atoms. The number of rotatable bonds is 2. The minimum atomic E-state index is -4.56. The van der Waals surface area contributed by atoms with Crippen LogP contribution in [0.25, 0.3) is 6.08 Å². The van der Waals surface area contributed by atoms with Crippen LogP contribution in [-0.4, -0.2) is 11.9 Å². The molecule has 0 fully saturated rings. The number of carbonyl (C=O) groups excluding carboxylic acids is 1. The molecule has 0 bridgehead atoms.